The standard InChI is InChI=1S/C43H60N8O13/c1-22(2)18-29(45-33(54)19-26-13-15-27(16-14-26)44-43(64)48-28-11-8-7-10-24(28)5)37(57)46-30(20-34(55)56)38(58)49-35(23(3)4)41(61)51-17-9-12-32(51)40(60)47-31(21-52)39(59)50-36(25(6)53)42(62)63/h7-8,10-11,13-16,22-23,25,29-32,35-36,52-53H,9,12,17-21H2,1-6H3,(H,45,54)(H,46,57)(H,47,60)(H,49,58)(H,50,59)(H,55,56)(H,62,63)(H2,44,48,64)/t25-,29+,30+,31+,32+,35+,36+/m1/s1. The molecule has 64 heavy (non-hydrogen) atoms. The van der Waals surface area contributed by atoms with Crippen LogP contribution in [0, 0.1) is 18.8 Å². The van der Waals surface area contributed by atoms with Gasteiger partial charge in [0.15, 0.2) is 6.04 Å². The summed E-state index contributed by atoms with van der Waals surface area (Å²) in [5.74, 6) is -8.90. The molecule has 0 unspecified atom stereocenters. The second-order valence-electron chi connectivity index (χ2n) is 16.4. The van der Waals surface area contributed by atoms with Gasteiger partial charge in [-0.2, -0.15) is 0 Å². The number of carbonyl (C=O) groups is 9. The van der Waals surface area contributed by atoms with Crippen LogP contribution in [-0.2, 0) is 44.8 Å². The minimum atomic E-state index is -1.74. The molecule has 2 aromatic rings. The van der Waals surface area contributed by atoms with Crippen molar-refractivity contribution in [3.63, 3.8) is 0 Å². The average Bonchev–Trinajstić information content (AvgIpc) is 3.71. The number of aliphatic hydroxyl groups is 2. The molecule has 7 atom stereocenters. The molecule has 21 nitrogen and oxygen atoms in total. The summed E-state index contributed by atoms with van der Waals surface area (Å²) in [6, 6.07) is 4.49. The van der Waals surface area contributed by atoms with E-state index in [2.05, 4.69) is 31.9 Å². The fourth-order valence-corrected chi connectivity index (χ4v) is 6.85. The van der Waals surface area contributed by atoms with E-state index < -0.39 is 115 Å². The van der Waals surface area contributed by atoms with Crippen LogP contribution in [0.15, 0.2) is 48.5 Å². The van der Waals surface area contributed by atoms with Gasteiger partial charge in [-0.1, -0.05) is 58.0 Å². The van der Waals surface area contributed by atoms with Gasteiger partial charge >= 0.3 is 18.0 Å². The number of carboxylic acids is 2. The van der Waals surface area contributed by atoms with Gasteiger partial charge in [0.2, 0.25) is 35.4 Å². The summed E-state index contributed by atoms with van der Waals surface area (Å²) in [5.41, 5.74) is 2.54. The summed E-state index contributed by atoms with van der Waals surface area (Å²) in [7, 11) is 0. The van der Waals surface area contributed by atoms with Crippen molar-refractivity contribution in [2.24, 2.45) is 11.8 Å². The summed E-state index contributed by atoms with van der Waals surface area (Å²) < 4.78 is 0. The third kappa shape index (κ3) is 15.6. The van der Waals surface area contributed by atoms with Crippen molar-refractivity contribution in [3.8, 4) is 0 Å². The summed E-state index contributed by atoms with van der Waals surface area (Å²) in [6.07, 6.45) is -1.99. The minimum absolute atomic E-state index is 0.0493. The quantitative estimate of drug-likeness (QED) is 0.0756. The number of aryl methyl sites for hydroxylation is 1. The third-order valence-corrected chi connectivity index (χ3v) is 10.3. The van der Waals surface area contributed by atoms with Crippen LogP contribution in [0.5, 0.6) is 0 Å². The highest BCUT2D eigenvalue weighted by Crippen LogP contribution is 2.21. The first-order valence-corrected chi connectivity index (χ1v) is 20.9. The maximum atomic E-state index is 14.0. The monoisotopic (exact) mass is 896 g/mol. The van der Waals surface area contributed by atoms with Gasteiger partial charge in [0, 0.05) is 17.9 Å². The Hall–Kier alpha value is -6.61. The second-order valence-corrected chi connectivity index (χ2v) is 16.4. The lowest BCUT2D eigenvalue weighted by molar-refractivity contribution is -0.146. The van der Waals surface area contributed by atoms with E-state index in [0.717, 1.165) is 17.4 Å². The lowest BCUT2D eigenvalue weighted by Gasteiger charge is -2.32. The Morgan fingerprint density at radius 3 is 1.91 bits per heavy atom. The van der Waals surface area contributed by atoms with Gasteiger partial charge < -0.3 is 62.5 Å². The number of para-hydroxylation sites is 1. The number of aliphatic carboxylic acids is 2. The van der Waals surface area contributed by atoms with Crippen molar-refractivity contribution < 1.29 is 63.6 Å². The van der Waals surface area contributed by atoms with E-state index in [1.165, 1.54) is 0 Å². The smallest absolute Gasteiger partial charge is 0.328 e. The van der Waals surface area contributed by atoms with Crippen LogP contribution < -0.4 is 37.2 Å². The molecule has 0 spiro atoms. The molecule has 8 amide bonds. The van der Waals surface area contributed by atoms with Crippen LogP contribution in [-0.4, -0.2) is 134 Å². The number of aliphatic hydroxyl groups excluding tert-OH is 2. The van der Waals surface area contributed by atoms with E-state index in [0.29, 0.717) is 23.4 Å². The molecule has 1 aliphatic heterocycles. The molecule has 1 fully saturated rings. The number of amides is 8. The Kier molecular flexibility index (Phi) is 19.6. The Morgan fingerprint density at radius 1 is 0.734 bits per heavy atom. The highest BCUT2D eigenvalue weighted by Gasteiger charge is 2.41. The first-order chi connectivity index (χ1) is 30.1. The molecule has 0 radical (unpaired) electrons. The zero-order chi connectivity index (χ0) is 47.8. The number of hydrogen-bond acceptors (Lipinski definition) is 11. The van der Waals surface area contributed by atoms with Crippen LogP contribution in [0.1, 0.15) is 71.4 Å². The number of nitrogens with zero attached hydrogens (tertiary/aromatic N) is 1. The normalized spacial score (nSPS) is 16.3. The highest BCUT2D eigenvalue weighted by molar-refractivity contribution is 6.00. The minimum Gasteiger partial charge on any atom is -0.481 e. The Balaban J connectivity index is 1.68. The Labute approximate surface area is 370 Å². The van der Waals surface area contributed by atoms with Crippen LogP contribution in [0.25, 0.3) is 0 Å². The summed E-state index contributed by atoms with van der Waals surface area (Å²) in [4.78, 5) is 118. The average molecular weight is 897 g/mol. The number of nitrogens with one attached hydrogen (secondary N) is 7. The van der Waals surface area contributed by atoms with Crippen LogP contribution in [0.2, 0.25) is 0 Å². The summed E-state index contributed by atoms with van der Waals surface area (Å²) >= 11 is 0. The predicted molar refractivity (Wildman–Crippen MR) is 231 cm³/mol. The molecule has 11 N–H and O–H groups in total. The van der Waals surface area contributed by atoms with Crippen LogP contribution in [0.3, 0.4) is 0 Å². The molecule has 1 aliphatic rings. The SMILES string of the molecule is Cc1ccccc1NC(=O)Nc1ccc(CC(=O)N[C@@H](CC(C)C)C(=O)N[C@@H](CC(=O)O)C(=O)N[C@H](C(=O)N2CCC[C@H]2C(=O)N[C@@H](CO)C(=O)N[C@H](C(=O)O)[C@@H](C)O)C(C)C)cc1. The number of urea groups is 1. The van der Waals surface area contributed by atoms with Gasteiger partial charge in [-0.25, -0.2) is 9.59 Å². The molecule has 1 saturated heterocycles. The van der Waals surface area contributed by atoms with Crippen LogP contribution in [0.4, 0.5) is 16.2 Å². The zero-order valence-electron chi connectivity index (χ0n) is 36.7. The molecule has 0 saturated carbocycles. The first kappa shape index (κ1) is 51.7. The number of carboxylic acid groups (broad SMARTS) is 2. The van der Waals surface area contributed by atoms with Gasteiger partial charge in [-0.3, -0.25) is 33.6 Å². The van der Waals surface area contributed by atoms with E-state index in [1.54, 1.807) is 64.1 Å². The predicted octanol–water partition coefficient (Wildman–Crippen LogP) is 0.231. The number of anilines is 2. The first-order valence-electron chi connectivity index (χ1n) is 20.9. The fraction of sp³-hybridized carbons (Fsp3) is 0.512. The van der Waals surface area contributed by atoms with E-state index >= 15 is 0 Å². The van der Waals surface area contributed by atoms with Crippen molar-refractivity contribution in [1.29, 1.82) is 0 Å². The Morgan fingerprint density at radius 2 is 1.34 bits per heavy atom. The molecular formula is C43H60N8O13. The fourth-order valence-electron chi connectivity index (χ4n) is 6.85. The van der Waals surface area contributed by atoms with Gasteiger partial charge in [0.25, 0.3) is 0 Å². The molecule has 0 aliphatic carbocycles. The van der Waals surface area contributed by atoms with E-state index in [4.69, 9.17) is 0 Å². The highest BCUT2D eigenvalue weighted by atomic mass is 16.4. The van der Waals surface area contributed by atoms with Gasteiger partial charge in [-0.05, 0) is 74.3 Å². The molecular weight excluding hydrogens is 837 g/mol. The van der Waals surface area contributed by atoms with E-state index in [-0.39, 0.29) is 31.7 Å². The number of hydrogen-bond donors (Lipinski definition) is 11. The number of likely N-dealkylation sites (tertiary alicyclic amines) is 1. The molecule has 0 bridgehead atoms. The van der Waals surface area contributed by atoms with E-state index in [1.807, 2.05) is 24.4 Å². The molecule has 1 heterocycles. The molecule has 21 heteroatoms. The molecule has 2 aromatic carbocycles. The van der Waals surface area contributed by atoms with Gasteiger partial charge in [-0.15, -0.1) is 0 Å². The lowest BCUT2D eigenvalue weighted by atomic mass is 10.00. The van der Waals surface area contributed by atoms with Crippen molar-refractivity contribution in [2.45, 2.75) is 116 Å². The topological polar surface area (TPSA) is 322 Å². The number of benzene rings is 2. The van der Waals surface area contributed by atoms with E-state index in [9.17, 15) is 63.6 Å². The van der Waals surface area contributed by atoms with Gasteiger partial charge in [0.1, 0.15) is 30.2 Å². The lowest BCUT2D eigenvalue weighted by Crippen LogP contribution is -2.61. The largest absolute Gasteiger partial charge is 0.481 e. The van der Waals surface area contributed by atoms with Crippen molar-refractivity contribution >= 4 is 64.8 Å². The van der Waals surface area contributed by atoms with Crippen molar-refractivity contribution in [3.05, 3.63) is 59.7 Å². The van der Waals surface area contributed by atoms with Crippen molar-refractivity contribution in [2.75, 3.05) is 23.8 Å². The molecule has 0 aromatic heterocycles. The third-order valence-electron chi connectivity index (χ3n) is 10.3. The summed E-state index contributed by atoms with van der Waals surface area (Å²) in [5, 5.41) is 55.9. The Bertz CT molecular complexity index is 2010. The summed E-state index contributed by atoms with van der Waals surface area (Å²) in [6.45, 7) is 8.86. The van der Waals surface area contributed by atoms with Crippen molar-refractivity contribution in [1.82, 2.24) is 31.5 Å². The zero-order valence-corrected chi connectivity index (χ0v) is 36.7. The van der Waals surface area contributed by atoms with Crippen LogP contribution >= 0.6 is 0 Å². The molecule has 3 rings (SSSR count). The molecule has 350 valence electrons. The number of carbonyl (C=O) groups excluding carboxylic acids is 7. The maximum absolute atomic E-state index is 14.0. The van der Waals surface area contributed by atoms with Gasteiger partial charge in [0.05, 0.1) is 25.6 Å². The maximum Gasteiger partial charge on any atom is 0.328 e. The number of rotatable bonds is 22. The second kappa shape index (κ2) is 24.3.